The van der Waals surface area contributed by atoms with Gasteiger partial charge in [-0.05, 0) is 25.7 Å². The van der Waals surface area contributed by atoms with E-state index in [1.807, 2.05) is 0 Å². The molecule has 1 aromatic heterocycles. The number of carbonyl (C=O) groups excluding carboxylic acids is 7. The predicted octanol–water partition coefficient (Wildman–Crippen LogP) is 11.2. The first-order valence-electron chi connectivity index (χ1n) is 27.3. The van der Waals surface area contributed by atoms with Gasteiger partial charge in [-0.15, -0.1) is 0 Å². The lowest BCUT2D eigenvalue weighted by Crippen LogP contribution is -2.36. The molecule has 0 radical (unpaired) electrons. The zero-order valence-electron chi connectivity index (χ0n) is 43.6. The lowest BCUT2D eigenvalue weighted by atomic mass is 10.1. The van der Waals surface area contributed by atoms with Gasteiger partial charge in [-0.3, -0.25) is 33.3 Å². The summed E-state index contributed by atoms with van der Waals surface area (Å²) in [6.45, 7) is 7.69. The molecule has 16 heteroatoms. The Kier molecular flexibility index (Phi) is 35.3. The summed E-state index contributed by atoms with van der Waals surface area (Å²) in [5.74, 6) is -4.48. The van der Waals surface area contributed by atoms with Crippen molar-refractivity contribution in [2.24, 2.45) is 11.8 Å². The van der Waals surface area contributed by atoms with Crippen LogP contribution in [0.3, 0.4) is 0 Å². The maximum atomic E-state index is 13.7. The number of hydrogen-bond donors (Lipinski definition) is 0. The molecule has 16 nitrogen and oxygen atoms in total. The summed E-state index contributed by atoms with van der Waals surface area (Å²) < 4.78 is 35.5. The van der Waals surface area contributed by atoms with Crippen molar-refractivity contribution >= 4 is 41.8 Å². The summed E-state index contributed by atoms with van der Waals surface area (Å²) in [5, 5.41) is 0. The standard InChI is InChI=1S/C54H91N3O13/c1-5-9-13-17-21-25-29-48(58)65-39-44(40-66-49(59)30-26-22-18-14-10-6-2)35-52(62)69-46-37-57(54(64)56-34-33-55-43-56)38-47(46)70-53(63)36-45(41-67-50(60)31-27-23-19-15-11-7-3)42-68-51(61)32-28-24-20-16-12-8-4/h33-34,43-47H,5-32,35-42H2,1-4H3/t46-,47+. The lowest BCUT2D eigenvalue weighted by molar-refractivity contribution is -0.167. The van der Waals surface area contributed by atoms with Gasteiger partial charge in [-0.25, -0.2) is 9.78 Å². The Bertz CT molecular complexity index is 1430. The summed E-state index contributed by atoms with van der Waals surface area (Å²) in [5.41, 5.74) is 0. The second-order valence-corrected chi connectivity index (χ2v) is 19.2. The highest BCUT2D eigenvalue weighted by Crippen LogP contribution is 2.23. The average Bonchev–Trinajstić information content (AvgIpc) is 4.03. The second kappa shape index (κ2) is 40.1. The van der Waals surface area contributed by atoms with Crippen LogP contribution in [0.4, 0.5) is 4.79 Å². The molecule has 400 valence electrons. The first-order valence-corrected chi connectivity index (χ1v) is 27.3. The molecule has 0 aromatic carbocycles. The van der Waals surface area contributed by atoms with E-state index in [0.717, 1.165) is 128 Å². The van der Waals surface area contributed by atoms with Gasteiger partial charge < -0.3 is 33.3 Å². The maximum Gasteiger partial charge on any atom is 0.329 e. The Hall–Kier alpha value is -4.50. The number of amides is 1. The fraction of sp³-hybridized carbons (Fsp3) is 0.815. The number of esters is 6. The van der Waals surface area contributed by atoms with Crippen LogP contribution in [0.25, 0.3) is 0 Å². The van der Waals surface area contributed by atoms with Crippen molar-refractivity contribution in [3.63, 3.8) is 0 Å². The minimum atomic E-state index is -1.08. The summed E-state index contributed by atoms with van der Waals surface area (Å²) in [7, 11) is 0. The van der Waals surface area contributed by atoms with E-state index < -0.39 is 65.9 Å². The van der Waals surface area contributed by atoms with Crippen LogP contribution in [-0.4, -0.2) is 108 Å². The van der Waals surface area contributed by atoms with Crippen molar-refractivity contribution in [1.82, 2.24) is 14.5 Å². The van der Waals surface area contributed by atoms with E-state index in [2.05, 4.69) is 32.7 Å². The Morgan fingerprint density at radius 2 is 0.743 bits per heavy atom. The molecule has 0 saturated carbocycles. The molecule has 1 amide bonds. The van der Waals surface area contributed by atoms with Crippen LogP contribution >= 0.6 is 0 Å². The molecule has 1 aliphatic heterocycles. The van der Waals surface area contributed by atoms with Crippen molar-refractivity contribution < 1.29 is 62.0 Å². The SMILES string of the molecule is CCCCCCCCC(=O)OCC(COC(=O)CCCCCCCC)CC(=O)O[C@H]1CN(C(=O)n2ccnc2)C[C@H]1OC(=O)CC(COC(=O)CCCCCCCC)COC(=O)CCCCCCCC. The molecule has 1 aromatic rings. The third-order valence-electron chi connectivity index (χ3n) is 12.5. The van der Waals surface area contributed by atoms with Gasteiger partial charge in [-0.1, -0.05) is 156 Å². The Balaban J connectivity index is 2.15. The van der Waals surface area contributed by atoms with Gasteiger partial charge in [0.25, 0.3) is 0 Å². The van der Waals surface area contributed by atoms with Crippen LogP contribution in [0.15, 0.2) is 18.7 Å². The van der Waals surface area contributed by atoms with Crippen LogP contribution in [0.5, 0.6) is 0 Å². The van der Waals surface area contributed by atoms with Crippen LogP contribution in [0.2, 0.25) is 0 Å². The van der Waals surface area contributed by atoms with Crippen molar-refractivity contribution in [1.29, 1.82) is 0 Å². The number of unbranched alkanes of at least 4 members (excludes halogenated alkanes) is 20. The first kappa shape index (κ1) is 61.6. The number of rotatable bonds is 42. The van der Waals surface area contributed by atoms with Crippen molar-refractivity contribution in [3.05, 3.63) is 18.7 Å². The number of ether oxygens (including phenoxy) is 6. The highest BCUT2D eigenvalue weighted by atomic mass is 16.6. The molecule has 2 rings (SSSR count). The minimum absolute atomic E-state index is 0.110. The highest BCUT2D eigenvalue weighted by Gasteiger charge is 2.41. The summed E-state index contributed by atoms with van der Waals surface area (Å²) in [6.07, 6.45) is 26.6. The zero-order valence-corrected chi connectivity index (χ0v) is 43.6. The van der Waals surface area contributed by atoms with Gasteiger partial charge in [0.15, 0.2) is 12.2 Å². The van der Waals surface area contributed by atoms with Crippen LogP contribution in [-0.2, 0) is 57.2 Å². The number of imidazole rings is 1. The van der Waals surface area contributed by atoms with Gasteiger partial charge in [-0.2, -0.15) is 0 Å². The summed E-state index contributed by atoms with van der Waals surface area (Å²) >= 11 is 0. The van der Waals surface area contributed by atoms with E-state index in [4.69, 9.17) is 28.4 Å². The third-order valence-corrected chi connectivity index (χ3v) is 12.5. The van der Waals surface area contributed by atoms with Gasteiger partial charge in [0.2, 0.25) is 0 Å². The molecule has 1 aliphatic rings. The number of hydrogen-bond acceptors (Lipinski definition) is 14. The van der Waals surface area contributed by atoms with Crippen molar-refractivity contribution in [3.8, 4) is 0 Å². The molecule has 2 heterocycles. The molecule has 1 saturated heterocycles. The van der Waals surface area contributed by atoms with Gasteiger partial charge in [0.05, 0.1) is 52.4 Å². The average molecular weight is 990 g/mol. The van der Waals surface area contributed by atoms with Crippen molar-refractivity contribution in [2.75, 3.05) is 39.5 Å². The molecule has 0 spiro atoms. The van der Waals surface area contributed by atoms with E-state index in [-0.39, 0.29) is 78.0 Å². The predicted molar refractivity (Wildman–Crippen MR) is 266 cm³/mol. The third kappa shape index (κ3) is 30.3. The van der Waals surface area contributed by atoms with E-state index in [9.17, 15) is 33.6 Å². The molecule has 1 fully saturated rings. The maximum absolute atomic E-state index is 13.7. The first-order chi connectivity index (χ1) is 34.0. The molecule has 70 heavy (non-hydrogen) atoms. The largest absolute Gasteiger partial charge is 0.465 e. The minimum Gasteiger partial charge on any atom is -0.465 e. The number of aromatic nitrogens is 2. The molecular weight excluding hydrogens is 899 g/mol. The van der Waals surface area contributed by atoms with Crippen molar-refractivity contribution in [2.45, 2.75) is 233 Å². The quantitative estimate of drug-likeness (QED) is 0.0341. The molecule has 2 atom stereocenters. The monoisotopic (exact) mass is 990 g/mol. The summed E-state index contributed by atoms with van der Waals surface area (Å²) in [4.78, 5) is 97.2. The number of likely N-dealkylation sites (tertiary alicyclic amines) is 1. The molecule has 0 aliphatic carbocycles. The van der Waals surface area contributed by atoms with E-state index in [1.165, 1.54) is 28.2 Å². The normalized spacial score (nSPS) is 14.5. The molecule has 0 bridgehead atoms. The molecule has 0 N–H and O–H groups in total. The Morgan fingerprint density at radius 3 is 1.03 bits per heavy atom. The number of nitrogens with zero attached hydrogens (tertiary/aromatic N) is 3. The zero-order chi connectivity index (χ0) is 51.0. The fourth-order valence-electron chi connectivity index (χ4n) is 8.23. The highest BCUT2D eigenvalue weighted by molar-refractivity contribution is 5.78. The molecule has 0 unspecified atom stereocenters. The van der Waals surface area contributed by atoms with Gasteiger partial charge in [0, 0.05) is 49.9 Å². The van der Waals surface area contributed by atoms with E-state index in [0.29, 0.717) is 25.7 Å². The summed E-state index contributed by atoms with van der Waals surface area (Å²) in [6, 6.07) is -0.475. The molecular formula is C54H91N3O13. The lowest BCUT2D eigenvalue weighted by Gasteiger charge is -2.22. The van der Waals surface area contributed by atoms with E-state index in [1.54, 1.807) is 0 Å². The van der Waals surface area contributed by atoms with Crippen LogP contribution in [0.1, 0.15) is 220 Å². The van der Waals surface area contributed by atoms with E-state index >= 15 is 0 Å². The van der Waals surface area contributed by atoms with Crippen LogP contribution < -0.4 is 0 Å². The Morgan fingerprint density at radius 1 is 0.443 bits per heavy atom. The topological polar surface area (TPSA) is 196 Å². The van der Waals surface area contributed by atoms with Gasteiger partial charge in [0.1, 0.15) is 6.33 Å². The smallest absolute Gasteiger partial charge is 0.329 e. The second-order valence-electron chi connectivity index (χ2n) is 19.2. The van der Waals surface area contributed by atoms with Crippen LogP contribution in [0, 0.1) is 11.8 Å². The fourth-order valence-corrected chi connectivity index (χ4v) is 8.23. The van der Waals surface area contributed by atoms with Gasteiger partial charge >= 0.3 is 41.8 Å². The Labute approximate surface area is 419 Å². The number of carbonyl (C=O) groups is 7.